The molecule has 1 aromatic carbocycles. The van der Waals surface area contributed by atoms with Gasteiger partial charge in [-0.1, -0.05) is 31.5 Å². The SMILES string of the molecule is CCCC1(C(=O)c2cccc3ccncc23)CCCN1. The normalized spacial score (nSPS) is 22.2. The Labute approximate surface area is 119 Å². The van der Waals surface area contributed by atoms with E-state index in [2.05, 4.69) is 17.2 Å². The Hall–Kier alpha value is -1.74. The van der Waals surface area contributed by atoms with Crippen molar-refractivity contribution in [1.29, 1.82) is 0 Å². The summed E-state index contributed by atoms with van der Waals surface area (Å²) in [5, 5.41) is 5.51. The molecule has 20 heavy (non-hydrogen) atoms. The zero-order valence-corrected chi connectivity index (χ0v) is 11.9. The van der Waals surface area contributed by atoms with Crippen LogP contribution in [-0.4, -0.2) is 22.9 Å². The van der Waals surface area contributed by atoms with Crippen molar-refractivity contribution in [3.63, 3.8) is 0 Å². The first-order chi connectivity index (χ1) is 9.77. The molecule has 0 radical (unpaired) electrons. The van der Waals surface area contributed by atoms with Gasteiger partial charge in [0.1, 0.15) is 0 Å². The molecule has 2 heterocycles. The number of fused-ring (bicyclic) bond motifs is 1. The highest BCUT2D eigenvalue weighted by atomic mass is 16.1. The van der Waals surface area contributed by atoms with Crippen molar-refractivity contribution in [3.05, 3.63) is 42.2 Å². The third-order valence-electron chi connectivity index (χ3n) is 4.28. The van der Waals surface area contributed by atoms with Crippen LogP contribution in [0.4, 0.5) is 0 Å². The van der Waals surface area contributed by atoms with Gasteiger partial charge in [-0.05, 0) is 37.3 Å². The van der Waals surface area contributed by atoms with E-state index in [1.807, 2.05) is 24.3 Å². The summed E-state index contributed by atoms with van der Waals surface area (Å²) in [6, 6.07) is 7.89. The van der Waals surface area contributed by atoms with E-state index < -0.39 is 0 Å². The Morgan fingerprint density at radius 2 is 2.30 bits per heavy atom. The van der Waals surface area contributed by atoms with Crippen LogP contribution in [0.3, 0.4) is 0 Å². The van der Waals surface area contributed by atoms with Crippen LogP contribution in [0, 0.1) is 0 Å². The minimum Gasteiger partial charge on any atom is -0.305 e. The van der Waals surface area contributed by atoms with Crippen LogP contribution < -0.4 is 5.32 Å². The molecule has 1 aliphatic rings. The van der Waals surface area contributed by atoms with Crippen molar-refractivity contribution in [2.45, 2.75) is 38.1 Å². The van der Waals surface area contributed by atoms with Crippen LogP contribution in [0.2, 0.25) is 0 Å². The zero-order valence-electron chi connectivity index (χ0n) is 11.9. The molecule has 1 fully saturated rings. The minimum atomic E-state index is -0.362. The largest absolute Gasteiger partial charge is 0.305 e. The van der Waals surface area contributed by atoms with E-state index in [9.17, 15) is 4.79 Å². The maximum atomic E-state index is 13.1. The summed E-state index contributed by atoms with van der Waals surface area (Å²) in [6.07, 6.45) is 7.51. The summed E-state index contributed by atoms with van der Waals surface area (Å²) in [6.45, 7) is 3.08. The van der Waals surface area contributed by atoms with Gasteiger partial charge in [0, 0.05) is 23.3 Å². The molecule has 3 rings (SSSR count). The molecule has 104 valence electrons. The second kappa shape index (κ2) is 5.33. The van der Waals surface area contributed by atoms with E-state index in [-0.39, 0.29) is 11.3 Å². The van der Waals surface area contributed by atoms with E-state index in [1.54, 1.807) is 12.4 Å². The molecule has 1 aliphatic heterocycles. The molecule has 3 nitrogen and oxygen atoms in total. The second-order valence-corrected chi connectivity index (χ2v) is 5.59. The number of carbonyl (C=O) groups is 1. The summed E-state index contributed by atoms with van der Waals surface area (Å²) in [7, 11) is 0. The monoisotopic (exact) mass is 268 g/mol. The van der Waals surface area contributed by atoms with E-state index in [1.165, 1.54) is 0 Å². The first-order valence-corrected chi connectivity index (χ1v) is 7.39. The standard InChI is InChI=1S/C17H20N2O/c1-2-8-17(9-4-10-19-17)16(20)14-6-3-5-13-7-11-18-12-15(13)14/h3,5-7,11-12,19H,2,4,8-10H2,1H3. The first-order valence-electron chi connectivity index (χ1n) is 7.39. The minimum absolute atomic E-state index is 0.232. The Balaban J connectivity index is 2.08. The average molecular weight is 268 g/mol. The molecule has 0 saturated carbocycles. The lowest BCUT2D eigenvalue weighted by molar-refractivity contribution is 0.0859. The molecular weight excluding hydrogens is 248 g/mol. The summed E-state index contributed by atoms with van der Waals surface area (Å²) < 4.78 is 0. The molecule has 0 aliphatic carbocycles. The van der Waals surface area contributed by atoms with Crippen molar-refractivity contribution in [2.24, 2.45) is 0 Å². The number of carbonyl (C=O) groups excluding carboxylic acids is 1. The van der Waals surface area contributed by atoms with E-state index >= 15 is 0 Å². The molecule has 1 N–H and O–H groups in total. The number of nitrogens with one attached hydrogen (secondary N) is 1. The van der Waals surface area contributed by atoms with Crippen molar-refractivity contribution < 1.29 is 4.79 Å². The van der Waals surface area contributed by atoms with E-state index in [0.717, 1.165) is 48.6 Å². The lowest BCUT2D eigenvalue weighted by atomic mass is 9.83. The number of rotatable bonds is 4. The van der Waals surface area contributed by atoms with Gasteiger partial charge in [0.05, 0.1) is 5.54 Å². The molecule has 2 aromatic rings. The van der Waals surface area contributed by atoms with Gasteiger partial charge in [0.2, 0.25) is 0 Å². The molecular formula is C17H20N2O. The van der Waals surface area contributed by atoms with Gasteiger partial charge in [-0.3, -0.25) is 9.78 Å². The van der Waals surface area contributed by atoms with E-state index in [0.29, 0.717) is 0 Å². The Morgan fingerprint density at radius 3 is 3.05 bits per heavy atom. The molecule has 3 heteroatoms. The smallest absolute Gasteiger partial charge is 0.183 e. The maximum Gasteiger partial charge on any atom is 0.183 e. The predicted octanol–water partition coefficient (Wildman–Crippen LogP) is 3.34. The fraction of sp³-hybridized carbons (Fsp3) is 0.412. The quantitative estimate of drug-likeness (QED) is 0.865. The van der Waals surface area contributed by atoms with Crippen LogP contribution in [0.1, 0.15) is 43.0 Å². The van der Waals surface area contributed by atoms with Gasteiger partial charge >= 0.3 is 0 Å². The van der Waals surface area contributed by atoms with Gasteiger partial charge in [0.25, 0.3) is 0 Å². The van der Waals surface area contributed by atoms with Crippen molar-refractivity contribution >= 4 is 16.6 Å². The number of hydrogen-bond acceptors (Lipinski definition) is 3. The second-order valence-electron chi connectivity index (χ2n) is 5.59. The van der Waals surface area contributed by atoms with Gasteiger partial charge in [0.15, 0.2) is 5.78 Å². The average Bonchev–Trinajstić information content (AvgIpc) is 2.96. The summed E-state index contributed by atoms with van der Waals surface area (Å²) in [5.41, 5.74) is 0.442. The fourth-order valence-corrected chi connectivity index (χ4v) is 3.32. The maximum absolute atomic E-state index is 13.1. The zero-order chi connectivity index (χ0) is 14.0. The van der Waals surface area contributed by atoms with Crippen LogP contribution in [0.15, 0.2) is 36.7 Å². The molecule has 0 bridgehead atoms. The summed E-state index contributed by atoms with van der Waals surface area (Å²) >= 11 is 0. The Bertz CT molecular complexity index is 624. The lowest BCUT2D eigenvalue weighted by Crippen LogP contribution is -2.47. The molecule has 1 aromatic heterocycles. The fourth-order valence-electron chi connectivity index (χ4n) is 3.32. The topological polar surface area (TPSA) is 42.0 Å². The third kappa shape index (κ3) is 2.12. The molecule has 0 spiro atoms. The van der Waals surface area contributed by atoms with Crippen LogP contribution in [0.5, 0.6) is 0 Å². The Morgan fingerprint density at radius 1 is 1.40 bits per heavy atom. The number of aromatic nitrogens is 1. The van der Waals surface area contributed by atoms with Crippen LogP contribution >= 0.6 is 0 Å². The van der Waals surface area contributed by atoms with Crippen molar-refractivity contribution in [1.82, 2.24) is 10.3 Å². The number of Topliss-reactive ketones (excluding diaryl/α,β-unsaturated/α-hetero) is 1. The van der Waals surface area contributed by atoms with Gasteiger partial charge < -0.3 is 5.32 Å². The summed E-state index contributed by atoms with van der Waals surface area (Å²) in [5.74, 6) is 0.232. The molecule has 0 amide bonds. The van der Waals surface area contributed by atoms with Crippen LogP contribution in [-0.2, 0) is 0 Å². The van der Waals surface area contributed by atoms with Gasteiger partial charge in [-0.25, -0.2) is 0 Å². The number of ketones is 1. The number of benzene rings is 1. The van der Waals surface area contributed by atoms with Crippen molar-refractivity contribution in [3.8, 4) is 0 Å². The lowest BCUT2D eigenvalue weighted by Gasteiger charge is -2.28. The summed E-state index contributed by atoms with van der Waals surface area (Å²) in [4.78, 5) is 17.3. The number of nitrogens with zero attached hydrogens (tertiary/aromatic N) is 1. The highest BCUT2D eigenvalue weighted by Gasteiger charge is 2.40. The third-order valence-corrected chi connectivity index (χ3v) is 4.28. The highest BCUT2D eigenvalue weighted by molar-refractivity contribution is 6.12. The highest BCUT2D eigenvalue weighted by Crippen LogP contribution is 2.31. The number of pyridine rings is 1. The van der Waals surface area contributed by atoms with Gasteiger partial charge in [-0.2, -0.15) is 0 Å². The predicted molar refractivity (Wildman–Crippen MR) is 80.9 cm³/mol. The molecule has 1 unspecified atom stereocenters. The molecule has 1 atom stereocenters. The van der Waals surface area contributed by atoms with E-state index in [4.69, 9.17) is 0 Å². The van der Waals surface area contributed by atoms with Crippen LogP contribution in [0.25, 0.3) is 10.8 Å². The van der Waals surface area contributed by atoms with Gasteiger partial charge in [-0.15, -0.1) is 0 Å². The van der Waals surface area contributed by atoms with Crippen molar-refractivity contribution in [2.75, 3.05) is 6.54 Å². The Kier molecular flexibility index (Phi) is 3.53. The molecule has 1 saturated heterocycles. The number of hydrogen-bond donors (Lipinski definition) is 1. The first kappa shape index (κ1) is 13.3.